The molecule has 4 heterocycles. The zero-order valence-corrected chi connectivity index (χ0v) is 24.7. The van der Waals surface area contributed by atoms with Crippen molar-refractivity contribution in [2.24, 2.45) is 5.73 Å². The lowest BCUT2D eigenvalue weighted by Crippen LogP contribution is -2.25. The summed E-state index contributed by atoms with van der Waals surface area (Å²) in [6.45, 7) is -0.0487. The monoisotopic (exact) mass is 636 g/mol. The second-order valence-corrected chi connectivity index (χ2v) is 11.7. The lowest BCUT2D eigenvalue weighted by Gasteiger charge is -2.10. The van der Waals surface area contributed by atoms with E-state index in [1.165, 1.54) is 66.7 Å². The van der Waals surface area contributed by atoms with Crippen molar-refractivity contribution in [3.05, 3.63) is 108 Å². The fourth-order valence-corrected chi connectivity index (χ4v) is 5.69. The average molecular weight is 637 g/mol. The number of nitrogens with one attached hydrogen (secondary N) is 1. The minimum atomic E-state index is -0.785. The molecule has 0 unspecified atom stereocenters. The number of Topliss-reactive ketones (excluding diaryl/α,β-unsaturated/α-hetero) is 1. The number of primary amides is 1. The lowest BCUT2D eigenvalue weighted by molar-refractivity contribution is 0.0599. The highest BCUT2D eigenvalue weighted by molar-refractivity contribution is 7.16. The van der Waals surface area contributed by atoms with Crippen LogP contribution in [0.1, 0.15) is 45.6 Å². The Kier molecular flexibility index (Phi) is 8.61. The molecule has 12 nitrogen and oxygen atoms in total. The number of pyridine rings is 1. The Labute approximate surface area is 256 Å². The molecule has 0 saturated heterocycles. The minimum absolute atomic E-state index is 0.0522. The summed E-state index contributed by atoms with van der Waals surface area (Å²) in [5.41, 5.74) is 6.69. The molecule has 5 rings (SSSR count). The number of aromatic nitrogens is 4. The van der Waals surface area contributed by atoms with Gasteiger partial charge >= 0.3 is 5.97 Å². The maximum Gasteiger partial charge on any atom is 0.340 e. The van der Waals surface area contributed by atoms with Gasteiger partial charge in [0.05, 0.1) is 46.2 Å². The van der Waals surface area contributed by atoms with Crippen molar-refractivity contribution < 1.29 is 23.9 Å². The number of methoxy groups -OCH3 is 1. The molecule has 218 valence electrons. The van der Waals surface area contributed by atoms with Crippen molar-refractivity contribution in [2.45, 2.75) is 13.1 Å². The van der Waals surface area contributed by atoms with Gasteiger partial charge in [0.15, 0.2) is 5.78 Å². The van der Waals surface area contributed by atoms with Crippen LogP contribution in [0.3, 0.4) is 0 Å². The first-order chi connectivity index (χ1) is 20.6. The van der Waals surface area contributed by atoms with Gasteiger partial charge in [-0.25, -0.2) is 4.79 Å². The summed E-state index contributed by atoms with van der Waals surface area (Å²) in [6.07, 6.45) is 2.62. The molecule has 15 heteroatoms. The smallest absolute Gasteiger partial charge is 0.340 e. The molecule has 0 radical (unpaired) electrons. The standard InChI is InChI=1S/C28H21ClN6O6S2/c1-41-28(40)19-12-34(13-21(36)22-11-31-14-42-22)25(37)8-18(19)20-9-24(32-10-17-5-6-23(29)43-17)35(33-20)27(39)16-4-2-3-15(7-16)26(30)38/h2-9,11-12,14,32H,10,13H2,1H3,(H2,30,38). The molecule has 0 spiro atoms. The van der Waals surface area contributed by atoms with Crippen LogP contribution in [-0.4, -0.2) is 50.0 Å². The number of carbonyl (C=O) groups excluding carboxylic acids is 4. The van der Waals surface area contributed by atoms with E-state index in [4.69, 9.17) is 22.1 Å². The van der Waals surface area contributed by atoms with Crippen LogP contribution in [0.25, 0.3) is 11.3 Å². The van der Waals surface area contributed by atoms with Gasteiger partial charge in [0.1, 0.15) is 5.82 Å². The molecule has 0 aliphatic heterocycles. The molecule has 5 aromatic rings. The minimum Gasteiger partial charge on any atom is -0.465 e. The Balaban J connectivity index is 1.58. The van der Waals surface area contributed by atoms with E-state index in [2.05, 4.69) is 15.4 Å². The topological polar surface area (TPSA) is 168 Å². The summed E-state index contributed by atoms with van der Waals surface area (Å²) in [7, 11) is 1.18. The number of halogens is 1. The largest absolute Gasteiger partial charge is 0.465 e. The van der Waals surface area contributed by atoms with Crippen LogP contribution in [-0.2, 0) is 17.8 Å². The molecule has 0 aliphatic rings. The van der Waals surface area contributed by atoms with Crippen molar-refractivity contribution in [3.8, 4) is 11.3 Å². The summed E-state index contributed by atoms with van der Waals surface area (Å²) in [4.78, 5) is 69.1. The summed E-state index contributed by atoms with van der Waals surface area (Å²) >= 11 is 8.53. The number of benzene rings is 1. The number of ether oxygens (including phenoxy) is 1. The molecule has 0 saturated carbocycles. The predicted octanol–water partition coefficient (Wildman–Crippen LogP) is 3.95. The maximum atomic E-state index is 13.6. The molecule has 1 amide bonds. The Morgan fingerprint density at radius 1 is 1.09 bits per heavy atom. The summed E-state index contributed by atoms with van der Waals surface area (Å²) in [6, 6.07) is 12.0. The lowest BCUT2D eigenvalue weighted by atomic mass is 10.1. The molecule has 43 heavy (non-hydrogen) atoms. The van der Waals surface area contributed by atoms with Crippen molar-refractivity contribution in [3.63, 3.8) is 0 Å². The predicted molar refractivity (Wildman–Crippen MR) is 161 cm³/mol. The number of thiazole rings is 1. The number of carbonyl (C=O) groups is 4. The molecule has 1 aromatic carbocycles. The third-order valence-corrected chi connectivity index (χ3v) is 8.24. The second kappa shape index (κ2) is 12.5. The van der Waals surface area contributed by atoms with Crippen LogP contribution in [0.4, 0.5) is 5.82 Å². The summed E-state index contributed by atoms with van der Waals surface area (Å²) in [5, 5.41) is 7.58. The number of hydrogen-bond acceptors (Lipinski definition) is 11. The number of nitrogens with two attached hydrogens (primary N) is 1. The van der Waals surface area contributed by atoms with Crippen LogP contribution in [0.5, 0.6) is 0 Å². The summed E-state index contributed by atoms with van der Waals surface area (Å²) in [5.74, 6) is -2.23. The van der Waals surface area contributed by atoms with Gasteiger partial charge in [-0.2, -0.15) is 9.78 Å². The normalized spacial score (nSPS) is 10.8. The number of ketones is 1. The summed E-state index contributed by atoms with van der Waals surface area (Å²) < 4.78 is 7.69. The highest BCUT2D eigenvalue weighted by Gasteiger charge is 2.24. The fraction of sp³-hybridized carbons (Fsp3) is 0.107. The quantitative estimate of drug-likeness (QED) is 0.170. The van der Waals surface area contributed by atoms with Crippen LogP contribution < -0.4 is 16.6 Å². The Bertz CT molecular complexity index is 1930. The zero-order valence-electron chi connectivity index (χ0n) is 22.3. The van der Waals surface area contributed by atoms with Gasteiger partial charge in [0.25, 0.3) is 11.5 Å². The van der Waals surface area contributed by atoms with E-state index >= 15 is 0 Å². The van der Waals surface area contributed by atoms with Crippen LogP contribution in [0, 0.1) is 0 Å². The Hall–Kier alpha value is -4.92. The third kappa shape index (κ3) is 6.45. The molecule has 0 aliphatic carbocycles. The molecule has 0 fully saturated rings. The van der Waals surface area contributed by atoms with E-state index < -0.39 is 23.3 Å². The Morgan fingerprint density at radius 2 is 1.88 bits per heavy atom. The van der Waals surface area contributed by atoms with Crippen molar-refractivity contribution in [1.82, 2.24) is 19.3 Å². The van der Waals surface area contributed by atoms with Crippen molar-refractivity contribution >= 4 is 63.7 Å². The number of esters is 1. The number of rotatable bonds is 10. The Morgan fingerprint density at radius 3 is 2.56 bits per heavy atom. The van der Waals surface area contributed by atoms with Gasteiger partial charge in [-0.15, -0.1) is 22.7 Å². The highest BCUT2D eigenvalue weighted by Crippen LogP contribution is 2.28. The van der Waals surface area contributed by atoms with E-state index in [0.29, 0.717) is 9.21 Å². The first-order valence-electron chi connectivity index (χ1n) is 12.4. The van der Waals surface area contributed by atoms with E-state index in [1.807, 2.05) is 6.07 Å². The SMILES string of the molecule is COC(=O)c1cn(CC(=O)c2cncs2)c(=O)cc1-c1cc(NCc2ccc(Cl)s2)n(C(=O)c2cccc(C(N)=O)c2)n1. The zero-order chi connectivity index (χ0) is 30.7. The number of amides is 1. The van der Waals surface area contributed by atoms with Gasteiger partial charge in [-0.1, -0.05) is 17.7 Å². The second-order valence-electron chi connectivity index (χ2n) is 8.98. The van der Waals surface area contributed by atoms with Gasteiger partial charge < -0.3 is 20.4 Å². The molecular formula is C28H21ClN6O6S2. The molecule has 0 bridgehead atoms. The first kappa shape index (κ1) is 29.6. The van der Waals surface area contributed by atoms with Gasteiger partial charge in [0.2, 0.25) is 5.91 Å². The van der Waals surface area contributed by atoms with Crippen LogP contribution in [0.15, 0.2) is 71.2 Å². The number of hydrogen-bond donors (Lipinski definition) is 2. The van der Waals surface area contributed by atoms with Crippen LogP contribution in [0.2, 0.25) is 4.34 Å². The van der Waals surface area contributed by atoms with E-state index in [9.17, 15) is 24.0 Å². The fourth-order valence-electron chi connectivity index (χ4n) is 4.11. The van der Waals surface area contributed by atoms with Crippen LogP contribution >= 0.6 is 34.3 Å². The third-order valence-electron chi connectivity index (χ3n) is 6.20. The van der Waals surface area contributed by atoms with Gasteiger partial charge in [-0.3, -0.25) is 24.2 Å². The molecule has 3 N–H and O–H groups in total. The van der Waals surface area contributed by atoms with Crippen molar-refractivity contribution in [2.75, 3.05) is 12.4 Å². The van der Waals surface area contributed by atoms with E-state index in [0.717, 1.165) is 31.5 Å². The molecular weight excluding hydrogens is 616 g/mol. The van der Waals surface area contributed by atoms with Crippen molar-refractivity contribution in [1.29, 1.82) is 0 Å². The van der Waals surface area contributed by atoms with Gasteiger partial charge in [-0.05, 0) is 30.3 Å². The van der Waals surface area contributed by atoms with E-state index in [1.54, 1.807) is 6.07 Å². The van der Waals surface area contributed by atoms with E-state index in [-0.39, 0.29) is 52.6 Å². The average Bonchev–Trinajstić information content (AvgIpc) is 3.77. The maximum absolute atomic E-state index is 13.6. The number of thiophene rings is 1. The van der Waals surface area contributed by atoms with Gasteiger partial charge in [0, 0.05) is 46.1 Å². The molecule has 4 aromatic heterocycles. The molecule has 0 atom stereocenters. The highest BCUT2D eigenvalue weighted by atomic mass is 35.5. The number of nitrogens with zero attached hydrogens (tertiary/aromatic N) is 4. The number of anilines is 1. The first-order valence-corrected chi connectivity index (χ1v) is 14.5.